The quantitative estimate of drug-likeness (QED) is 0.544. The van der Waals surface area contributed by atoms with Crippen LogP contribution in [0.5, 0.6) is 0 Å². The van der Waals surface area contributed by atoms with E-state index in [9.17, 15) is 9.90 Å². The average molecular weight is 309 g/mol. The van der Waals surface area contributed by atoms with Crippen molar-refractivity contribution in [2.45, 2.75) is 109 Å². The number of hydrogen-bond donors (Lipinski definition) is 1. The Hall–Kier alpha value is -0.790. The molecule has 0 aromatic heterocycles. The maximum absolute atomic E-state index is 11.8. The highest BCUT2D eigenvalue weighted by Crippen LogP contribution is 2.15. The van der Waals surface area contributed by atoms with E-state index in [0.29, 0.717) is 6.42 Å². The summed E-state index contributed by atoms with van der Waals surface area (Å²) >= 11 is 0. The predicted molar refractivity (Wildman–Crippen MR) is 94.2 cm³/mol. The van der Waals surface area contributed by atoms with Crippen LogP contribution in [-0.2, 0) is 4.79 Å². The number of hydrogen-bond acceptors (Lipinski definition) is 2. The van der Waals surface area contributed by atoms with Crippen LogP contribution in [0.15, 0.2) is 11.8 Å². The molecule has 0 unspecified atom stereocenters. The highest BCUT2D eigenvalue weighted by atomic mass is 16.3. The zero-order chi connectivity index (χ0) is 15.9. The van der Waals surface area contributed by atoms with Gasteiger partial charge in [0.15, 0.2) is 11.5 Å². The molecule has 0 heterocycles. The molecule has 1 aliphatic rings. The second-order valence-electron chi connectivity index (χ2n) is 6.85. The molecule has 0 aromatic carbocycles. The lowest BCUT2D eigenvalue weighted by molar-refractivity contribution is -0.118. The Morgan fingerprint density at radius 1 is 0.591 bits per heavy atom. The van der Waals surface area contributed by atoms with Crippen LogP contribution in [0.3, 0.4) is 0 Å². The lowest BCUT2D eigenvalue weighted by Crippen LogP contribution is -2.01. The summed E-state index contributed by atoms with van der Waals surface area (Å²) < 4.78 is 0. The lowest BCUT2D eigenvalue weighted by Gasteiger charge is -2.05. The predicted octanol–water partition coefficient (Wildman–Crippen LogP) is 6.64. The monoisotopic (exact) mass is 308 g/mol. The van der Waals surface area contributed by atoms with Crippen LogP contribution in [0.4, 0.5) is 0 Å². The number of carbonyl (C=O) groups is 1. The van der Waals surface area contributed by atoms with Crippen molar-refractivity contribution in [1.29, 1.82) is 0 Å². The molecule has 0 atom stereocenters. The van der Waals surface area contributed by atoms with E-state index in [2.05, 4.69) is 0 Å². The SMILES string of the molecule is O=C1CCCCCCCCCCCCCCCCC/C=C\1O. The Morgan fingerprint density at radius 2 is 0.955 bits per heavy atom. The van der Waals surface area contributed by atoms with Gasteiger partial charge in [-0.25, -0.2) is 0 Å². The lowest BCUT2D eigenvalue weighted by atomic mass is 10.0. The first-order valence-corrected chi connectivity index (χ1v) is 9.73. The molecule has 1 N–H and O–H groups in total. The second-order valence-corrected chi connectivity index (χ2v) is 6.85. The van der Waals surface area contributed by atoms with Gasteiger partial charge in [0.2, 0.25) is 0 Å². The third-order valence-electron chi connectivity index (χ3n) is 4.73. The molecule has 0 aromatic rings. The molecule has 2 nitrogen and oxygen atoms in total. The first kappa shape index (κ1) is 19.3. The molecule has 1 rings (SSSR count). The fourth-order valence-electron chi connectivity index (χ4n) is 3.21. The van der Waals surface area contributed by atoms with Gasteiger partial charge in [0.1, 0.15) is 0 Å². The Morgan fingerprint density at radius 3 is 1.41 bits per heavy atom. The van der Waals surface area contributed by atoms with Crippen LogP contribution in [0.1, 0.15) is 109 Å². The van der Waals surface area contributed by atoms with Gasteiger partial charge >= 0.3 is 0 Å². The molecule has 128 valence electrons. The number of allylic oxidation sites excluding steroid dienone is 2. The van der Waals surface area contributed by atoms with Crippen LogP contribution in [0.2, 0.25) is 0 Å². The van der Waals surface area contributed by atoms with E-state index in [-0.39, 0.29) is 11.5 Å². The van der Waals surface area contributed by atoms with Crippen LogP contribution in [0, 0.1) is 0 Å². The summed E-state index contributed by atoms with van der Waals surface area (Å²) in [5.41, 5.74) is 0. The van der Waals surface area contributed by atoms with Crippen molar-refractivity contribution in [3.8, 4) is 0 Å². The average Bonchev–Trinajstić information content (AvgIpc) is 2.52. The highest BCUT2D eigenvalue weighted by Gasteiger charge is 2.06. The normalized spacial score (nSPS) is 25.1. The molecule has 1 aliphatic carbocycles. The maximum Gasteiger partial charge on any atom is 0.196 e. The van der Waals surface area contributed by atoms with Gasteiger partial charge in [0.05, 0.1) is 0 Å². The number of aliphatic hydroxyl groups excluding tert-OH is 1. The van der Waals surface area contributed by atoms with Crippen LogP contribution in [0.25, 0.3) is 0 Å². The minimum Gasteiger partial charge on any atom is -0.505 e. The van der Waals surface area contributed by atoms with Crippen LogP contribution in [-0.4, -0.2) is 10.9 Å². The van der Waals surface area contributed by atoms with Gasteiger partial charge < -0.3 is 5.11 Å². The molecule has 0 spiro atoms. The Balaban J connectivity index is 2.25. The van der Waals surface area contributed by atoms with E-state index in [1.807, 2.05) is 0 Å². The van der Waals surface area contributed by atoms with E-state index < -0.39 is 0 Å². The molecule has 0 bridgehead atoms. The Bertz CT molecular complexity index is 307. The smallest absolute Gasteiger partial charge is 0.196 e. The van der Waals surface area contributed by atoms with E-state index >= 15 is 0 Å². The molecule has 22 heavy (non-hydrogen) atoms. The van der Waals surface area contributed by atoms with Gasteiger partial charge in [-0.15, -0.1) is 0 Å². The van der Waals surface area contributed by atoms with Crippen LogP contribution >= 0.6 is 0 Å². The summed E-state index contributed by atoms with van der Waals surface area (Å²) in [5, 5.41) is 9.75. The maximum atomic E-state index is 11.8. The van der Waals surface area contributed by atoms with Crippen LogP contribution < -0.4 is 0 Å². The molecular weight excluding hydrogens is 272 g/mol. The van der Waals surface area contributed by atoms with E-state index in [4.69, 9.17) is 0 Å². The van der Waals surface area contributed by atoms with Gasteiger partial charge in [0.25, 0.3) is 0 Å². The summed E-state index contributed by atoms with van der Waals surface area (Å²) in [4.78, 5) is 11.8. The topological polar surface area (TPSA) is 37.3 Å². The van der Waals surface area contributed by atoms with Crippen molar-refractivity contribution < 1.29 is 9.90 Å². The number of aliphatic hydroxyl groups is 1. The van der Waals surface area contributed by atoms with Gasteiger partial charge in [-0.1, -0.05) is 83.5 Å². The number of Topliss-reactive ketones (excluding diaryl/α,β-unsaturated/α-hetero) is 1. The van der Waals surface area contributed by atoms with Crippen molar-refractivity contribution in [1.82, 2.24) is 0 Å². The standard InChI is InChI=1S/C20H36O2/c21-19-17-15-13-11-9-7-5-3-1-2-4-6-8-10-12-14-16-18-20(19)22/h17,21H,1-16,18H2/b19-17+. The molecular formula is C20H36O2. The molecule has 0 radical (unpaired) electrons. The summed E-state index contributed by atoms with van der Waals surface area (Å²) in [6.07, 6.45) is 22.4. The minimum absolute atomic E-state index is 0.00871. The van der Waals surface area contributed by atoms with E-state index in [1.165, 1.54) is 77.0 Å². The molecule has 0 aliphatic heterocycles. The highest BCUT2D eigenvalue weighted by molar-refractivity contribution is 5.92. The summed E-state index contributed by atoms with van der Waals surface area (Å²) in [6.45, 7) is 0. The zero-order valence-corrected chi connectivity index (χ0v) is 14.5. The third-order valence-corrected chi connectivity index (χ3v) is 4.73. The fourth-order valence-corrected chi connectivity index (χ4v) is 3.21. The van der Waals surface area contributed by atoms with Crippen molar-refractivity contribution in [3.63, 3.8) is 0 Å². The van der Waals surface area contributed by atoms with E-state index in [1.54, 1.807) is 6.08 Å². The molecule has 0 fully saturated rings. The molecule has 2 heteroatoms. The summed E-state index contributed by atoms with van der Waals surface area (Å²) in [5.74, 6) is -0.0520. The summed E-state index contributed by atoms with van der Waals surface area (Å²) in [6, 6.07) is 0. The first-order chi connectivity index (χ1) is 10.8. The first-order valence-electron chi connectivity index (χ1n) is 9.73. The molecule has 0 saturated carbocycles. The van der Waals surface area contributed by atoms with Gasteiger partial charge in [-0.2, -0.15) is 0 Å². The van der Waals surface area contributed by atoms with Crippen molar-refractivity contribution in [2.75, 3.05) is 0 Å². The Kier molecular flexibility index (Phi) is 12.1. The van der Waals surface area contributed by atoms with Crippen molar-refractivity contribution in [3.05, 3.63) is 11.8 Å². The zero-order valence-electron chi connectivity index (χ0n) is 14.5. The Labute approximate surface area is 137 Å². The van der Waals surface area contributed by atoms with Crippen molar-refractivity contribution in [2.24, 2.45) is 0 Å². The van der Waals surface area contributed by atoms with Gasteiger partial charge in [-0.05, 0) is 25.3 Å². The summed E-state index contributed by atoms with van der Waals surface area (Å²) in [7, 11) is 0. The van der Waals surface area contributed by atoms with Crippen molar-refractivity contribution >= 4 is 5.78 Å². The number of carbonyl (C=O) groups excluding carboxylic acids is 1. The number of ketones is 1. The third kappa shape index (κ3) is 10.9. The van der Waals surface area contributed by atoms with Gasteiger partial charge in [-0.3, -0.25) is 4.79 Å². The second kappa shape index (κ2) is 13.8. The van der Waals surface area contributed by atoms with Gasteiger partial charge in [0, 0.05) is 6.42 Å². The fraction of sp³-hybridized carbons (Fsp3) is 0.850. The van der Waals surface area contributed by atoms with E-state index in [0.717, 1.165) is 25.7 Å². The minimum atomic E-state index is -0.0607. The number of rotatable bonds is 0. The molecule has 0 amide bonds. The molecule has 0 saturated heterocycles. The largest absolute Gasteiger partial charge is 0.505 e.